The predicted octanol–water partition coefficient (Wildman–Crippen LogP) is 3.17. The van der Waals surface area contributed by atoms with Crippen LogP contribution in [0.5, 0.6) is 0 Å². The fraction of sp³-hybridized carbons (Fsp3) is 0.364. The van der Waals surface area contributed by atoms with Crippen molar-refractivity contribution in [2.75, 3.05) is 10.5 Å². The molecule has 1 aromatic carbocycles. The third kappa shape index (κ3) is 6.62. The molecule has 0 amide bonds. The number of nitrogens with two attached hydrogens (primary N) is 1. The largest absolute Gasteiger partial charge is 0.389 e. The van der Waals surface area contributed by atoms with E-state index >= 15 is 0 Å². The smallest absolute Gasteiger partial charge is 0.389 e. The van der Waals surface area contributed by atoms with E-state index < -0.39 is 34.8 Å². The number of rotatable bonds is 6. The SMILES string of the molecule is NC(=S)c1ccc(Br)cc1NS(=O)(=O)CCCC(F)(F)F. The highest BCUT2D eigenvalue weighted by atomic mass is 79.9. The summed E-state index contributed by atoms with van der Waals surface area (Å²) in [6.07, 6.45) is -6.06. The van der Waals surface area contributed by atoms with Crippen LogP contribution < -0.4 is 10.5 Å². The summed E-state index contributed by atoms with van der Waals surface area (Å²) >= 11 is 7.96. The lowest BCUT2D eigenvalue weighted by Crippen LogP contribution is -2.21. The standard InChI is InChI=1S/C11H12BrF3N2O2S2/c12-7-2-3-8(10(16)20)9(6-7)17-21(18,19)5-1-4-11(13,14)15/h2-3,6,17H,1,4-5H2,(H2,16,20). The van der Waals surface area contributed by atoms with Gasteiger partial charge in [0.1, 0.15) is 4.99 Å². The van der Waals surface area contributed by atoms with Crippen molar-refractivity contribution in [2.45, 2.75) is 19.0 Å². The third-order valence-electron chi connectivity index (χ3n) is 2.39. The van der Waals surface area contributed by atoms with Crippen LogP contribution in [0.4, 0.5) is 18.9 Å². The molecule has 21 heavy (non-hydrogen) atoms. The number of hydrogen-bond donors (Lipinski definition) is 2. The molecule has 10 heteroatoms. The highest BCUT2D eigenvalue weighted by Gasteiger charge is 2.27. The maximum Gasteiger partial charge on any atom is 0.389 e. The predicted molar refractivity (Wildman–Crippen MR) is 82.7 cm³/mol. The Morgan fingerprint density at radius 1 is 1.38 bits per heavy atom. The average Bonchev–Trinajstić information content (AvgIpc) is 2.25. The average molecular weight is 405 g/mol. The monoisotopic (exact) mass is 404 g/mol. The zero-order valence-corrected chi connectivity index (χ0v) is 13.8. The number of halogens is 4. The lowest BCUT2D eigenvalue weighted by molar-refractivity contribution is -0.134. The topological polar surface area (TPSA) is 72.2 Å². The van der Waals surface area contributed by atoms with Crippen LogP contribution in [0.2, 0.25) is 0 Å². The second-order valence-electron chi connectivity index (χ2n) is 4.19. The zero-order chi connectivity index (χ0) is 16.3. The zero-order valence-electron chi connectivity index (χ0n) is 10.6. The first-order valence-electron chi connectivity index (χ1n) is 5.67. The minimum atomic E-state index is -4.38. The number of anilines is 1. The molecule has 0 aliphatic rings. The molecule has 1 rings (SSSR count). The van der Waals surface area contributed by atoms with Crippen LogP contribution in [0.25, 0.3) is 0 Å². The molecule has 118 valence electrons. The van der Waals surface area contributed by atoms with Crippen molar-refractivity contribution in [3.05, 3.63) is 28.2 Å². The maximum atomic E-state index is 12.0. The molecule has 0 atom stereocenters. The van der Waals surface area contributed by atoms with Crippen molar-refractivity contribution in [1.82, 2.24) is 0 Å². The van der Waals surface area contributed by atoms with Gasteiger partial charge in [-0.25, -0.2) is 8.42 Å². The summed E-state index contributed by atoms with van der Waals surface area (Å²) < 4.78 is 62.4. The molecule has 0 unspecified atom stereocenters. The van der Waals surface area contributed by atoms with E-state index in [9.17, 15) is 21.6 Å². The first-order chi connectivity index (χ1) is 9.50. The summed E-state index contributed by atoms with van der Waals surface area (Å²) in [7, 11) is -3.92. The van der Waals surface area contributed by atoms with Crippen LogP contribution in [0, 0.1) is 0 Å². The van der Waals surface area contributed by atoms with Crippen LogP contribution in [0.15, 0.2) is 22.7 Å². The summed E-state index contributed by atoms with van der Waals surface area (Å²) in [5, 5.41) is 0. The Labute approximate surface area is 134 Å². The Morgan fingerprint density at radius 3 is 2.52 bits per heavy atom. The van der Waals surface area contributed by atoms with E-state index in [2.05, 4.69) is 20.7 Å². The van der Waals surface area contributed by atoms with Crippen molar-refractivity contribution in [2.24, 2.45) is 5.73 Å². The molecule has 0 aromatic heterocycles. The van der Waals surface area contributed by atoms with E-state index in [0.29, 0.717) is 10.0 Å². The number of thiocarbonyl (C=S) groups is 1. The molecule has 0 radical (unpaired) electrons. The molecule has 0 bridgehead atoms. The van der Waals surface area contributed by atoms with E-state index in [1.54, 1.807) is 6.07 Å². The van der Waals surface area contributed by atoms with Gasteiger partial charge in [0.05, 0.1) is 11.4 Å². The highest BCUT2D eigenvalue weighted by molar-refractivity contribution is 9.10. The molecule has 3 N–H and O–H groups in total. The van der Waals surface area contributed by atoms with E-state index in [4.69, 9.17) is 18.0 Å². The van der Waals surface area contributed by atoms with E-state index in [1.165, 1.54) is 12.1 Å². The number of benzene rings is 1. The summed E-state index contributed by atoms with van der Waals surface area (Å²) in [5.74, 6) is -0.643. The van der Waals surface area contributed by atoms with Gasteiger partial charge in [-0.05, 0) is 24.6 Å². The molecule has 0 fully saturated rings. The second kappa shape index (κ2) is 6.93. The summed E-state index contributed by atoms with van der Waals surface area (Å²) in [6.45, 7) is 0. The Bertz CT molecular complexity index is 633. The van der Waals surface area contributed by atoms with Gasteiger partial charge in [0.2, 0.25) is 10.0 Å². The second-order valence-corrected chi connectivity index (χ2v) is 7.39. The maximum absolute atomic E-state index is 12.0. The highest BCUT2D eigenvalue weighted by Crippen LogP contribution is 2.24. The fourth-order valence-electron chi connectivity index (χ4n) is 1.50. The third-order valence-corrected chi connectivity index (χ3v) is 4.46. The van der Waals surface area contributed by atoms with Crippen molar-refractivity contribution in [1.29, 1.82) is 0 Å². The van der Waals surface area contributed by atoms with Gasteiger partial charge in [-0.15, -0.1) is 0 Å². The van der Waals surface area contributed by atoms with E-state index in [-0.39, 0.29) is 10.7 Å². The van der Waals surface area contributed by atoms with Crippen molar-refractivity contribution in [3.63, 3.8) is 0 Å². The molecule has 4 nitrogen and oxygen atoms in total. The molecule has 0 aliphatic heterocycles. The summed E-state index contributed by atoms with van der Waals surface area (Å²) in [5.41, 5.74) is 5.90. The van der Waals surface area contributed by atoms with Gasteiger partial charge in [-0.2, -0.15) is 13.2 Å². The normalized spacial score (nSPS) is 12.2. The number of alkyl halides is 3. The number of sulfonamides is 1. The fourth-order valence-corrected chi connectivity index (χ4v) is 3.17. The first-order valence-corrected chi connectivity index (χ1v) is 8.52. The Kier molecular flexibility index (Phi) is 6.00. The summed E-state index contributed by atoms with van der Waals surface area (Å²) in [4.78, 5) is -0.0181. The quantitative estimate of drug-likeness (QED) is 0.714. The van der Waals surface area contributed by atoms with Gasteiger partial charge in [-0.1, -0.05) is 28.1 Å². The number of nitrogens with one attached hydrogen (secondary N) is 1. The van der Waals surface area contributed by atoms with Gasteiger partial charge in [0, 0.05) is 16.5 Å². The van der Waals surface area contributed by atoms with E-state index in [1.807, 2.05) is 0 Å². The van der Waals surface area contributed by atoms with Crippen molar-refractivity contribution < 1.29 is 21.6 Å². The van der Waals surface area contributed by atoms with Crippen LogP contribution in [-0.4, -0.2) is 25.3 Å². The van der Waals surface area contributed by atoms with Crippen LogP contribution >= 0.6 is 28.1 Å². The van der Waals surface area contributed by atoms with Gasteiger partial charge < -0.3 is 5.73 Å². The molecular formula is C11H12BrF3N2O2S2. The van der Waals surface area contributed by atoms with Gasteiger partial charge in [0.25, 0.3) is 0 Å². The molecule has 0 aliphatic carbocycles. The number of hydrogen-bond acceptors (Lipinski definition) is 3. The minimum Gasteiger partial charge on any atom is -0.389 e. The Hall–Kier alpha value is -0.870. The lowest BCUT2D eigenvalue weighted by atomic mass is 10.2. The summed E-state index contributed by atoms with van der Waals surface area (Å²) in [6, 6.07) is 4.58. The lowest BCUT2D eigenvalue weighted by Gasteiger charge is -2.13. The van der Waals surface area contributed by atoms with Gasteiger partial charge in [0.15, 0.2) is 0 Å². The molecule has 0 spiro atoms. The van der Waals surface area contributed by atoms with E-state index in [0.717, 1.165) is 0 Å². The van der Waals surface area contributed by atoms with Crippen LogP contribution in [0.1, 0.15) is 18.4 Å². The van der Waals surface area contributed by atoms with Crippen LogP contribution in [-0.2, 0) is 10.0 Å². The molecular weight excluding hydrogens is 393 g/mol. The minimum absolute atomic E-state index is 0.0181. The first kappa shape index (κ1) is 18.2. The molecule has 0 heterocycles. The van der Waals surface area contributed by atoms with Crippen molar-refractivity contribution in [3.8, 4) is 0 Å². The van der Waals surface area contributed by atoms with Gasteiger partial charge >= 0.3 is 6.18 Å². The molecule has 0 saturated carbocycles. The van der Waals surface area contributed by atoms with Gasteiger partial charge in [-0.3, -0.25) is 4.72 Å². The van der Waals surface area contributed by atoms with Crippen LogP contribution in [0.3, 0.4) is 0 Å². The molecule has 1 aromatic rings. The Morgan fingerprint density at radius 2 is 2.00 bits per heavy atom. The molecule has 0 saturated heterocycles. The Balaban J connectivity index is 2.84. The van der Waals surface area contributed by atoms with Crippen molar-refractivity contribution >= 4 is 48.8 Å².